The Morgan fingerprint density at radius 2 is 2.09 bits per heavy atom. The molecule has 0 saturated carbocycles. The summed E-state index contributed by atoms with van der Waals surface area (Å²) in [5.74, 6) is 6.84. The maximum Gasteiger partial charge on any atom is 0.236 e. The zero-order valence-corrected chi connectivity index (χ0v) is 18.3. The largest absolute Gasteiger partial charge is 0.378 e. The van der Waals surface area contributed by atoms with Crippen LogP contribution in [0.2, 0.25) is 0 Å². The average Bonchev–Trinajstić information content (AvgIpc) is 2.83. The third kappa shape index (κ3) is 6.87. The highest BCUT2D eigenvalue weighted by atomic mass is 19.1. The third-order valence-electron chi connectivity index (χ3n) is 4.89. The van der Waals surface area contributed by atoms with Gasteiger partial charge in [-0.05, 0) is 32.5 Å². The van der Waals surface area contributed by atoms with Crippen molar-refractivity contribution >= 4 is 23.4 Å². The lowest BCUT2D eigenvalue weighted by Gasteiger charge is -2.28. The molecule has 0 aliphatic carbocycles. The summed E-state index contributed by atoms with van der Waals surface area (Å²) in [7, 11) is 1.75. The lowest BCUT2D eigenvalue weighted by Crippen LogP contribution is -2.40. The van der Waals surface area contributed by atoms with Crippen molar-refractivity contribution in [2.75, 3.05) is 50.1 Å². The summed E-state index contributed by atoms with van der Waals surface area (Å²) < 4.78 is 18.5. The Labute approximate surface area is 187 Å². The quantitative estimate of drug-likeness (QED) is 0.321. The van der Waals surface area contributed by atoms with E-state index in [0.29, 0.717) is 50.9 Å². The molecule has 2 aromatic heterocycles. The van der Waals surface area contributed by atoms with Gasteiger partial charge in [0, 0.05) is 26.1 Å². The van der Waals surface area contributed by atoms with Gasteiger partial charge < -0.3 is 25.6 Å². The Morgan fingerprint density at radius 3 is 2.81 bits per heavy atom. The molecule has 0 radical (unpaired) electrons. The first-order chi connectivity index (χ1) is 15.6. The number of morpholine rings is 1. The number of rotatable bonds is 8. The van der Waals surface area contributed by atoms with Crippen LogP contribution in [0, 0.1) is 17.8 Å². The second kappa shape index (κ2) is 11.9. The zero-order valence-electron chi connectivity index (χ0n) is 18.3. The molecule has 1 saturated heterocycles. The normalized spacial score (nSPS) is 14.3. The van der Waals surface area contributed by atoms with E-state index in [-0.39, 0.29) is 11.9 Å². The van der Waals surface area contributed by atoms with E-state index in [2.05, 4.69) is 47.6 Å². The van der Waals surface area contributed by atoms with E-state index in [1.165, 1.54) is 12.3 Å². The van der Waals surface area contributed by atoms with Crippen LogP contribution >= 0.6 is 0 Å². The van der Waals surface area contributed by atoms with E-state index in [9.17, 15) is 9.18 Å². The topological polar surface area (TPSA) is 104 Å². The van der Waals surface area contributed by atoms with E-state index >= 15 is 0 Å². The second-order valence-corrected chi connectivity index (χ2v) is 7.23. The average molecular weight is 442 g/mol. The molecule has 9 nitrogen and oxygen atoms in total. The van der Waals surface area contributed by atoms with Crippen LogP contribution in [-0.2, 0) is 9.53 Å². The van der Waals surface area contributed by atoms with Gasteiger partial charge >= 0.3 is 0 Å². The Balaban J connectivity index is 1.66. The van der Waals surface area contributed by atoms with E-state index in [4.69, 9.17) is 4.74 Å². The van der Waals surface area contributed by atoms with Crippen LogP contribution in [0.5, 0.6) is 0 Å². The molecular weight excluding hydrogens is 413 g/mol. The number of pyridine rings is 1. The first kappa shape index (κ1) is 23.4. The Bertz CT molecular complexity index is 953. The number of nitrogens with one attached hydrogen (secondary N) is 3. The Kier molecular flexibility index (Phi) is 8.71. The summed E-state index contributed by atoms with van der Waals surface area (Å²) in [4.78, 5) is 26.5. The molecular formula is C22H28FN7O2. The fourth-order valence-electron chi connectivity index (χ4n) is 2.95. The van der Waals surface area contributed by atoms with Crippen LogP contribution in [0.25, 0.3) is 0 Å². The molecule has 3 heterocycles. The molecule has 32 heavy (non-hydrogen) atoms. The smallest absolute Gasteiger partial charge is 0.236 e. The number of halogens is 1. The van der Waals surface area contributed by atoms with E-state index in [1.807, 2.05) is 6.92 Å². The minimum Gasteiger partial charge on any atom is -0.378 e. The summed E-state index contributed by atoms with van der Waals surface area (Å²) in [6, 6.07) is 2.63. The van der Waals surface area contributed by atoms with Gasteiger partial charge in [-0.15, -0.1) is 0 Å². The standard InChI is InChI=1S/C22H28FN7O2/c1-16(24-2)21(31)25-9-5-3-4-6-17-14-27-22(28-18-7-8-19(23)26-15-18)29-20(17)30-10-12-32-13-11-30/h7-8,14-16,24H,3,5,9-13H2,1-2H3,(H,25,31)(H,27,28,29)/t16-/m0/s1. The number of amides is 1. The number of unbranched alkanes of at least 4 members (excludes halogenated alkanes) is 1. The SMILES string of the molecule is CN[C@@H](C)C(=O)NCCCC#Cc1cnc(Nc2ccc(F)nc2)nc1N1CCOCC1. The predicted molar refractivity (Wildman–Crippen MR) is 120 cm³/mol. The van der Waals surface area contributed by atoms with E-state index in [0.717, 1.165) is 17.8 Å². The van der Waals surface area contributed by atoms with Crippen LogP contribution in [0.3, 0.4) is 0 Å². The van der Waals surface area contributed by atoms with Crippen molar-refractivity contribution in [3.8, 4) is 11.8 Å². The molecule has 0 unspecified atom stereocenters. The Morgan fingerprint density at radius 1 is 1.28 bits per heavy atom. The summed E-state index contributed by atoms with van der Waals surface area (Å²) in [5, 5.41) is 8.82. The van der Waals surface area contributed by atoms with Crippen LogP contribution in [0.1, 0.15) is 25.3 Å². The molecule has 1 fully saturated rings. The number of carbonyl (C=O) groups is 1. The van der Waals surface area contributed by atoms with E-state index < -0.39 is 5.95 Å². The molecule has 170 valence electrons. The van der Waals surface area contributed by atoms with Crippen LogP contribution in [-0.4, -0.2) is 66.8 Å². The third-order valence-corrected chi connectivity index (χ3v) is 4.89. The molecule has 10 heteroatoms. The van der Waals surface area contributed by atoms with Gasteiger partial charge in [0.1, 0.15) is 5.82 Å². The van der Waals surface area contributed by atoms with Crippen molar-refractivity contribution in [1.82, 2.24) is 25.6 Å². The van der Waals surface area contributed by atoms with Crippen molar-refractivity contribution in [2.24, 2.45) is 0 Å². The maximum absolute atomic E-state index is 13.0. The number of hydrogen-bond acceptors (Lipinski definition) is 8. The van der Waals surface area contributed by atoms with E-state index in [1.54, 1.807) is 19.3 Å². The summed E-state index contributed by atoms with van der Waals surface area (Å²) in [6.45, 7) is 5.03. The molecule has 1 atom stereocenters. The summed E-state index contributed by atoms with van der Waals surface area (Å²) in [5.41, 5.74) is 1.32. The highest BCUT2D eigenvalue weighted by Crippen LogP contribution is 2.21. The molecule has 0 bridgehead atoms. The molecule has 0 aromatic carbocycles. The highest BCUT2D eigenvalue weighted by molar-refractivity contribution is 5.81. The second-order valence-electron chi connectivity index (χ2n) is 7.23. The van der Waals surface area contributed by atoms with Crippen molar-refractivity contribution in [3.05, 3.63) is 36.0 Å². The minimum absolute atomic E-state index is 0.0251. The summed E-state index contributed by atoms with van der Waals surface area (Å²) >= 11 is 0. The number of likely N-dealkylation sites (N-methyl/N-ethyl adjacent to an activating group) is 1. The first-order valence-electron chi connectivity index (χ1n) is 10.6. The van der Waals surface area contributed by atoms with Crippen molar-refractivity contribution in [2.45, 2.75) is 25.8 Å². The number of anilines is 3. The first-order valence-corrected chi connectivity index (χ1v) is 10.6. The monoisotopic (exact) mass is 441 g/mol. The molecule has 2 aromatic rings. The van der Waals surface area contributed by atoms with Gasteiger partial charge in [0.15, 0.2) is 0 Å². The minimum atomic E-state index is -0.549. The number of hydrogen-bond donors (Lipinski definition) is 3. The fraction of sp³-hybridized carbons (Fsp3) is 0.455. The van der Waals surface area contributed by atoms with Gasteiger partial charge in [0.25, 0.3) is 0 Å². The van der Waals surface area contributed by atoms with Crippen molar-refractivity contribution in [3.63, 3.8) is 0 Å². The molecule has 1 aliphatic rings. The fourth-order valence-corrected chi connectivity index (χ4v) is 2.95. The number of aromatic nitrogens is 3. The number of carbonyl (C=O) groups excluding carboxylic acids is 1. The van der Waals surface area contributed by atoms with Gasteiger partial charge in [-0.2, -0.15) is 9.37 Å². The zero-order chi connectivity index (χ0) is 22.8. The maximum atomic E-state index is 13.0. The van der Waals surface area contributed by atoms with Gasteiger partial charge in [-0.3, -0.25) is 4.79 Å². The highest BCUT2D eigenvalue weighted by Gasteiger charge is 2.17. The Hall–Kier alpha value is -3.29. The molecule has 1 amide bonds. The lowest BCUT2D eigenvalue weighted by molar-refractivity contribution is -0.122. The van der Waals surface area contributed by atoms with Crippen LogP contribution < -0.4 is 20.9 Å². The van der Waals surface area contributed by atoms with Crippen LogP contribution in [0.4, 0.5) is 21.8 Å². The van der Waals surface area contributed by atoms with Crippen LogP contribution in [0.15, 0.2) is 24.5 Å². The number of nitrogens with zero attached hydrogens (tertiary/aromatic N) is 4. The van der Waals surface area contributed by atoms with Gasteiger partial charge in [-0.25, -0.2) is 9.97 Å². The number of ether oxygens (including phenoxy) is 1. The van der Waals surface area contributed by atoms with Gasteiger partial charge in [-0.1, -0.05) is 11.8 Å². The van der Waals surface area contributed by atoms with Crippen molar-refractivity contribution in [1.29, 1.82) is 0 Å². The summed E-state index contributed by atoms with van der Waals surface area (Å²) in [6.07, 6.45) is 4.45. The molecule has 0 spiro atoms. The molecule has 3 N–H and O–H groups in total. The van der Waals surface area contributed by atoms with Gasteiger partial charge in [0.2, 0.25) is 17.8 Å². The molecule has 3 rings (SSSR count). The predicted octanol–water partition coefficient (Wildman–Crippen LogP) is 1.45. The van der Waals surface area contributed by atoms with Gasteiger partial charge in [0.05, 0.1) is 42.9 Å². The molecule has 1 aliphatic heterocycles. The van der Waals surface area contributed by atoms with Crippen molar-refractivity contribution < 1.29 is 13.9 Å². The lowest BCUT2D eigenvalue weighted by atomic mass is 10.2.